The lowest BCUT2D eigenvalue weighted by atomic mass is 10.3. The average molecular weight is 334 g/mol. The van der Waals surface area contributed by atoms with E-state index in [9.17, 15) is 14.0 Å². The molecule has 0 radical (unpaired) electrons. The highest BCUT2D eigenvalue weighted by molar-refractivity contribution is 5.91. The van der Waals surface area contributed by atoms with Crippen LogP contribution in [0.25, 0.3) is 0 Å². The molecule has 6 nitrogen and oxygen atoms in total. The maximum Gasteiger partial charge on any atom is 0.279 e. The van der Waals surface area contributed by atoms with Crippen LogP contribution in [0.2, 0.25) is 0 Å². The molecule has 0 aliphatic carbocycles. The molecule has 1 aromatic carbocycles. The normalized spacial score (nSPS) is 20.0. The van der Waals surface area contributed by atoms with Gasteiger partial charge in [0.15, 0.2) is 13.1 Å². The van der Waals surface area contributed by atoms with E-state index in [2.05, 4.69) is 16.6 Å². The maximum absolute atomic E-state index is 12.8. The lowest BCUT2D eigenvalue weighted by Gasteiger charge is -2.28. The number of benzene rings is 1. The summed E-state index contributed by atoms with van der Waals surface area (Å²) in [6.45, 7) is 4.37. The number of halogens is 1. The topological polar surface area (TPSA) is 67.1 Å². The molecule has 1 aromatic rings. The molecular weight excluding hydrogens is 311 g/mol. The first kappa shape index (κ1) is 17.9. The van der Waals surface area contributed by atoms with Crippen LogP contribution in [0.1, 0.15) is 0 Å². The number of carbonyl (C=O) groups excluding carboxylic acids is 2. The molecule has 2 amide bonds. The van der Waals surface area contributed by atoms with Gasteiger partial charge in [-0.1, -0.05) is 5.92 Å². The van der Waals surface area contributed by atoms with Crippen LogP contribution < -0.4 is 20.4 Å². The number of carbonyl (C=O) groups is 2. The van der Waals surface area contributed by atoms with E-state index in [1.165, 1.54) is 21.9 Å². The summed E-state index contributed by atoms with van der Waals surface area (Å²) in [7, 11) is 0. The number of rotatable bonds is 6. The Labute approximate surface area is 141 Å². The summed E-state index contributed by atoms with van der Waals surface area (Å²) in [6, 6.07) is 5.71. The molecule has 1 aliphatic rings. The first-order chi connectivity index (χ1) is 11.6. The van der Waals surface area contributed by atoms with Gasteiger partial charge in [-0.15, -0.1) is 6.42 Å². The third-order valence-electron chi connectivity index (χ3n) is 4.00. The van der Waals surface area contributed by atoms with Crippen molar-refractivity contribution < 1.29 is 23.8 Å². The van der Waals surface area contributed by atoms with Gasteiger partial charge in [0.1, 0.15) is 32.0 Å². The Bertz CT molecular complexity index is 604. The van der Waals surface area contributed by atoms with Crippen molar-refractivity contribution in [3.05, 3.63) is 30.1 Å². The molecule has 0 saturated carbocycles. The molecular formula is C17H23FN4O2+2. The third kappa shape index (κ3) is 5.99. The summed E-state index contributed by atoms with van der Waals surface area (Å²) < 4.78 is 12.8. The third-order valence-corrected chi connectivity index (χ3v) is 4.00. The standard InChI is InChI=1S/C17H21FN4O2/c1-2-7-19-16(23)12-21-8-10-22(11-9-21)13-17(24)20-15-5-3-14(18)4-6-15/h1,3-6H,7-13H2,(H,19,23)(H,20,24)/p+2. The van der Waals surface area contributed by atoms with Crippen molar-refractivity contribution in [1.82, 2.24) is 5.32 Å². The van der Waals surface area contributed by atoms with E-state index in [1.54, 1.807) is 12.1 Å². The molecule has 7 heteroatoms. The van der Waals surface area contributed by atoms with Crippen LogP contribution >= 0.6 is 0 Å². The minimum Gasteiger partial charge on any atom is -0.340 e. The van der Waals surface area contributed by atoms with Gasteiger partial charge in [-0.2, -0.15) is 0 Å². The van der Waals surface area contributed by atoms with Crippen molar-refractivity contribution >= 4 is 17.5 Å². The number of hydrogen-bond acceptors (Lipinski definition) is 2. The summed E-state index contributed by atoms with van der Waals surface area (Å²) in [4.78, 5) is 26.0. The molecule has 0 spiro atoms. The lowest BCUT2D eigenvalue weighted by molar-refractivity contribution is -1.00. The van der Waals surface area contributed by atoms with Crippen molar-refractivity contribution in [2.75, 3.05) is 51.1 Å². The molecule has 4 N–H and O–H groups in total. The van der Waals surface area contributed by atoms with E-state index in [4.69, 9.17) is 6.42 Å². The minimum absolute atomic E-state index is 0.0412. The van der Waals surface area contributed by atoms with Gasteiger partial charge in [-0.05, 0) is 24.3 Å². The van der Waals surface area contributed by atoms with Gasteiger partial charge in [-0.3, -0.25) is 9.59 Å². The van der Waals surface area contributed by atoms with E-state index in [-0.39, 0.29) is 24.2 Å². The van der Waals surface area contributed by atoms with Gasteiger partial charge in [0, 0.05) is 5.69 Å². The molecule has 24 heavy (non-hydrogen) atoms. The smallest absolute Gasteiger partial charge is 0.279 e. The molecule has 2 rings (SSSR count). The Morgan fingerprint density at radius 3 is 2.12 bits per heavy atom. The fourth-order valence-electron chi connectivity index (χ4n) is 2.72. The van der Waals surface area contributed by atoms with E-state index in [1.807, 2.05) is 0 Å². The quantitative estimate of drug-likeness (QED) is 0.428. The van der Waals surface area contributed by atoms with Gasteiger partial charge < -0.3 is 20.4 Å². The summed E-state index contributed by atoms with van der Waals surface area (Å²) in [5.74, 6) is 1.92. The SMILES string of the molecule is C#CCNC(=O)C[NH+]1CC[NH+](CC(=O)Nc2ccc(F)cc2)CC1. The molecule has 128 valence electrons. The van der Waals surface area contributed by atoms with E-state index >= 15 is 0 Å². The molecule has 0 unspecified atom stereocenters. The Kier molecular flexibility index (Phi) is 6.73. The summed E-state index contributed by atoms with van der Waals surface area (Å²) in [5, 5.41) is 5.43. The van der Waals surface area contributed by atoms with E-state index < -0.39 is 0 Å². The number of anilines is 1. The Balaban J connectivity index is 1.69. The first-order valence-corrected chi connectivity index (χ1v) is 7.99. The van der Waals surface area contributed by atoms with Crippen molar-refractivity contribution in [3.63, 3.8) is 0 Å². The zero-order chi connectivity index (χ0) is 17.4. The molecule has 0 atom stereocenters. The number of terminal acetylenes is 1. The molecule has 0 bridgehead atoms. The second kappa shape index (κ2) is 9.01. The monoisotopic (exact) mass is 334 g/mol. The fourth-order valence-corrected chi connectivity index (χ4v) is 2.72. The molecule has 1 aliphatic heterocycles. The highest BCUT2D eigenvalue weighted by atomic mass is 19.1. The molecule has 1 heterocycles. The van der Waals surface area contributed by atoms with Crippen LogP contribution in [0.3, 0.4) is 0 Å². The maximum atomic E-state index is 12.8. The Hall–Kier alpha value is -2.43. The Morgan fingerprint density at radius 2 is 1.58 bits per heavy atom. The predicted octanol–water partition coefficient (Wildman–Crippen LogP) is -2.70. The lowest BCUT2D eigenvalue weighted by Crippen LogP contribution is -3.28. The molecule has 1 fully saturated rings. The average Bonchev–Trinajstić information content (AvgIpc) is 2.57. The van der Waals surface area contributed by atoms with Crippen molar-refractivity contribution in [3.8, 4) is 12.3 Å². The first-order valence-electron chi connectivity index (χ1n) is 7.99. The van der Waals surface area contributed by atoms with Gasteiger partial charge in [-0.25, -0.2) is 4.39 Å². The summed E-state index contributed by atoms with van der Waals surface area (Å²) >= 11 is 0. The van der Waals surface area contributed by atoms with Gasteiger partial charge in [0.2, 0.25) is 0 Å². The van der Waals surface area contributed by atoms with Crippen LogP contribution in [0.5, 0.6) is 0 Å². The second-order valence-corrected chi connectivity index (χ2v) is 5.89. The summed E-state index contributed by atoms with van der Waals surface area (Å²) in [5.41, 5.74) is 0.593. The Morgan fingerprint density at radius 1 is 1.04 bits per heavy atom. The zero-order valence-electron chi connectivity index (χ0n) is 13.5. The van der Waals surface area contributed by atoms with Gasteiger partial charge in [0.05, 0.1) is 6.54 Å². The fraction of sp³-hybridized carbons (Fsp3) is 0.412. The van der Waals surface area contributed by atoms with Crippen molar-refractivity contribution in [1.29, 1.82) is 0 Å². The van der Waals surface area contributed by atoms with Crippen molar-refractivity contribution in [2.45, 2.75) is 0 Å². The number of quaternary nitrogens is 2. The van der Waals surface area contributed by atoms with E-state index in [0.29, 0.717) is 18.8 Å². The molecule has 0 aromatic heterocycles. The number of amides is 2. The summed E-state index contributed by atoms with van der Waals surface area (Å²) in [6.07, 6.45) is 5.11. The van der Waals surface area contributed by atoms with E-state index in [0.717, 1.165) is 26.2 Å². The largest absolute Gasteiger partial charge is 0.340 e. The highest BCUT2D eigenvalue weighted by Gasteiger charge is 2.26. The van der Waals surface area contributed by atoms with Crippen LogP contribution in [0.15, 0.2) is 24.3 Å². The second-order valence-electron chi connectivity index (χ2n) is 5.89. The minimum atomic E-state index is -0.330. The number of hydrogen-bond donors (Lipinski definition) is 4. The zero-order valence-corrected chi connectivity index (χ0v) is 13.5. The van der Waals surface area contributed by atoms with Crippen LogP contribution in [0.4, 0.5) is 10.1 Å². The van der Waals surface area contributed by atoms with Crippen LogP contribution in [-0.4, -0.2) is 57.6 Å². The van der Waals surface area contributed by atoms with Crippen molar-refractivity contribution in [2.24, 2.45) is 0 Å². The van der Waals surface area contributed by atoms with Gasteiger partial charge >= 0.3 is 0 Å². The van der Waals surface area contributed by atoms with Gasteiger partial charge in [0.25, 0.3) is 11.8 Å². The highest BCUT2D eigenvalue weighted by Crippen LogP contribution is 2.07. The van der Waals surface area contributed by atoms with Crippen LogP contribution in [0, 0.1) is 18.2 Å². The molecule has 1 saturated heterocycles. The predicted molar refractivity (Wildman–Crippen MR) is 88.0 cm³/mol. The van der Waals surface area contributed by atoms with Crippen LogP contribution in [-0.2, 0) is 9.59 Å². The number of nitrogens with one attached hydrogen (secondary N) is 4. The number of piperazine rings is 1.